The van der Waals surface area contributed by atoms with Gasteiger partial charge in [0.15, 0.2) is 0 Å². The first-order valence-corrected chi connectivity index (χ1v) is 6.37. The second-order valence-corrected chi connectivity index (χ2v) is 5.31. The Morgan fingerprint density at radius 3 is 3.18 bits per heavy atom. The fraction of sp³-hybridized carbons (Fsp3) is 0.455. The van der Waals surface area contributed by atoms with Gasteiger partial charge in [-0.25, -0.2) is 0 Å². The van der Waals surface area contributed by atoms with Gasteiger partial charge in [-0.15, -0.1) is 11.3 Å². The molecule has 92 valence electrons. The molecule has 0 unspecified atom stereocenters. The molecule has 2 heterocycles. The summed E-state index contributed by atoms with van der Waals surface area (Å²) in [4.78, 5) is 15.6. The lowest BCUT2D eigenvalue weighted by Crippen LogP contribution is -2.39. The van der Waals surface area contributed by atoms with Gasteiger partial charge in [0.1, 0.15) is 0 Å². The van der Waals surface area contributed by atoms with E-state index in [0.29, 0.717) is 0 Å². The van der Waals surface area contributed by atoms with Gasteiger partial charge in [0.25, 0.3) is 0 Å². The zero-order valence-corrected chi connectivity index (χ0v) is 10.3. The first-order valence-electron chi connectivity index (χ1n) is 5.56. The molecule has 1 aliphatic rings. The predicted molar refractivity (Wildman–Crippen MR) is 68.7 cm³/mol. The number of rotatable bonds is 4. The normalized spacial score (nSPS) is 21.3. The third kappa shape index (κ3) is 2.83. The Morgan fingerprint density at radius 1 is 1.65 bits per heavy atom. The maximum atomic E-state index is 11.3. The Labute approximate surface area is 104 Å². The summed E-state index contributed by atoms with van der Waals surface area (Å²) in [5.74, 6) is 4.88. The number of carbonyl (C=O) groups is 1. The van der Waals surface area contributed by atoms with E-state index in [9.17, 15) is 4.79 Å². The van der Waals surface area contributed by atoms with E-state index < -0.39 is 0 Å². The number of amides is 1. The molecule has 2 rings (SSSR count). The van der Waals surface area contributed by atoms with Crippen LogP contribution in [0.4, 0.5) is 0 Å². The number of primary amides is 1. The number of carbonyl (C=O) groups excluding carboxylic acids is 1. The Hall–Kier alpha value is -1.40. The predicted octanol–water partition coefficient (Wildman–Crippen LogP) is 0.490. The molecule has 1 saturated heterocycles. The van der Waals surface area contributed by atoms with E-state index in [1.54, 1.807) is 17.6 Å². The van der Waals surface area contributed by atoms with Crippen LogP contribution in [0.3, 0.4) is 0 Å². The minimum atomic E-state index is -0.220. The number of hydrogen-bond acceptors (Lipinski definition) is 5. The summed E-state index contributed by atoms with van der Waals surface area (Å²) in [5, 5.41) is 3.49. The molecule has 5 nitrogen and oxygen atoms in total. The summed E-state index contributed by atoms with van der Waals surface area (Å²) in [5.41, 5.74) is 5.38. The molecule has 1 aromatic heterocycles. The highest BCUT2D eigenvalue weighted by Crippen LogP contribution is 2.23. The third-order valence-electron chi connectivity index (χ3n) is 2.94. The summed E-state index contributed by atoms with van der Waals surface area (Å²) >= 11 is 1.63. The largest absolute Gasteiger partial charge is 0.368 e. The van der Waals surface area contributed by atoms with Crippen molar-refractivity contribution in [2.75, 3.05) is 6.54 Å². The first-order chi connectivity index (χ1) is 8.20. The lowest BCUT2D eigenvalue weighted by molar-refractivity contribution is -0.122. The van der Waals surface area contributed by atoms with Crippen molar-refractivity contribution < 1.29 is 4.79 Å². The van der Waals surface area contributed by atoms with Crippen LogP contribution in [-0.2, 0) is 11.3 Å². The van der Waals surface area contributed by atoms with Gasteiger partial charge in [0.05, 0.1) is 12.3 Å². The third-order valence-corrected chi connectivity index (χ3v) is 3.94. The van der Waals surface area contributed by atoms with Gasteiger partial charge >= 0.3 is 0 Å². The molecule has 0 spiro atoms. The first kappa shape index (κ1) is 12.1. The van der Waals surface area contributed by atoms with Crippen LogP contribution >= 0.6 is 11.3 Å². The molecule has 1 aromatic rings. The highest BCUT2D eigenvalue weighted by Gasteiger charge is 2.28. The van der Waals surface area contributed by atoms with Gasteiger partial charge in [-0.1, -0.05) is 0 Å². The van der Waals surface area contributed by atoms with Crippen molar-refractivity contribution in [2.45, 2.75) is 25.4 Å². The fourth-order valence-corrected chi connectivity index (χ4v) is 3.08. The van der Waals surface area contributed by atoms with Crippen molar-refractivity contribution >= 4 is 23.5 Å². The molecular weight excluding hydrogens is 236 g/mol. The van der Waals surface area contributed by atoms with E-state index in [1.807, 2.05) is 12.1 Å². The van der Waals surface area contributed by atoms with Crippen LogP contribution in [0.1, 0.15) is 22.6 Å². The van der Waals surface area contributed by atoms with E-state index in [0.717, 1.165) is 30.8 Å². The molecule has 17 heavy (non-hydrogen) atoms. The maximum Gasteiger partial charge on any atom is 0.234 e. The molecule has 0 aromatic carbocycles. The second kappa shape index (κ2) is 5.29. The van der Waals surface area contributed by atoms with E-state index in [4.69, 9.17) is 11.6 Å². The van der Waals surface area contributed by atoms with E-state index in [1.165, 1.54) is 4.88 Å². The average molecular weight is 252 g/mol. The Balaban J connectivity index is 2.02. The van der Waals surface area contributed by atoms with Crippen molar-refractivity contribution in [1.29, 1.82) is 0 Å². The van der Waals surface area contributed by atoms with Crippen LogP contribution in [0.2, 0.25) is 0 Å². The Morgan fingerprint density at radius 2 is 2.47 bits per heavy atom. The SMILES string of the molecule is NN=Cc1ccc(CN2CCC[C@H]2C(N)=O)s1. The van der Waals surface area contributed by atoms with Crippen LogP contribution in [0.15, 0.2) is 17.2 Å². The lowest BCUT2D eigenvalue weighted by Gasteiger charge is -2.20. The highest BCUT2D eigenvalue weighted by atomic mass is 32.1. The molecule has 0 aliphatic carbocycles. The molecule has 0 bridgehead atoms. The van der Waals surface area contributed by atoms with E-state index in [-0.39, 0.29) is 11.9 Å². The molecule has 0 saturated carbocycles. The van der Waals surface area contributed by atoms with Gasteiger partial charge in [-0.05, 0) is 31.5 Å². The minimum absolute atomic E-state index is 0.108. The monoisotopic (exact) mass is 252 g/mol. The molecule has 0 radical (unpaired) electrons. The fourth-order valence-electron chi connectivity index (χ4n) is 2.16. The lowest BCUT2D eigenvalue weighted by atomic mass is 10.2. The van der Waals surface area contributed by atoms with Crippen LogP contribution in [0, 0.1) is 0 Å². The van der Waals surface area contributed by atoms with Gasteiger partial charge < -0.3 is 11.6 Å². The van der Waals surface area contributed by atoms with Crippen LogP contribution in [0.25, 0.3) is 0 Å². The quantitative estimate of drug-likeness (QED) is 0.464. The topological polar surface area (TPSA) is 84.7 Å². The number of nitrogens with zero attached hydrogens (tertiary/aromatic N) is 2. The van der Waals surface area contributed by atoms with Crippen molar-refractivity contribution in [3.63, 3.8) is 0 Å². The van der Waals surface area contributed by atoms with E-state index >= 15 is 0 Å². The molecular formula is C11H16N4OS. The van der Waals surface area contributed by atoms with E-state index in [2.05, 4.69) is 10.0 Å². The van der Waals surface area contributed by atoms with Crippen molar-refractivity contribution in [3.8, 4) is 0 Å². The van der Waals surface area contributed by atoms with Gasteiger partial charge in [0, 0.05) is 16.3 Å². The minimum Gasteiger partial charge on any atom is -0.368 e. The smallest absolute Gasteiger partial charge is 0.234 e. The van der Waals surface area contributed by atoms with Crippen molar-refractivity contribution in [3.05, 3.63) is 21.9 Å². The molecule has 4 N–H and O–H groups in total. The maximum absolute atomic E-state index is 11.3. The number of hydrazone groups is 1. The summed E-state index contributed by atoms with van der Waals surface area (Å²) < 4.78 is 0. The molecule has 1 aliphatic heterocycles. The summed E-state index contributed by atoms with van der Waals surface area (Å²) in [6.45, 7) is 1.71. The van der Waals surface area contributed by atoms with Gasteiger partial charge in [-0.2, -0.15) is 5.10 Å². The molecule has 1 atom stereocenters. The average Bonchev–Trinajstić information content (AvgIpc) is 2.89. The summed E-state index contributed by atoms with van der Waals surface area (Å²) in [6.07, 6.45) is 3.54. The van der Waals surface area contributed by atoms with Crippen LogP contribution in [-0.4, -0.2) is 29.6 Å². The second-order valence-electron chi connectivity index (χ2n) is 4.11. The Kier molecular flexibility index (Phi) is 3.75. The molecule has 1 amide bonds. The number of likely N-dealkylation sites (tertiary alicyclic amines) is 1. The van der Waals surface area contributed by atoms with Crippen LogP contribution < -0.4 is 11.6 Å². The van der Waals surface area contributed by atoms with Crippen LogP contribution in [0.5, 0.6) is 0 Å². The highest BCUT2D eigenvalue weighted by molar-refractivity contribution is 7.13. The zero-order chi connectivity index (χ0) is 12.3. The van der Waals surface area contributed by atoms with Gasteiger partial charge in [-0.3, -0.25) is 9.69 Å². The standard InChI is InChI=1S/C11H16N4OS/c12-11(16)10-2-1-5-15(10)7-9-4-3-8(17-9)6-14-13/h3-4,6,10H,1-2,5,7,13H2,(H2,12,16)/t10-/m0/s1. The zero-order valence-electron chi connectivity index (χ0n) is 9.50. The van der Waals surface area contributed by atoms with Crippen molar-refractivity contribution in [2.24, 2.45) is 16.7 Å². The van der Waals surface area contributed by atoms with Gasteiger partial charge in [0.2, 0.25) is 5.91 Å². The number of nitrogens with two attached hydrogens (primary N) is 2. The molecule has 1 fully saturated rings. The summed E-state index contributed by atoms with van der Waals surface area (Å²) in [6, 6.07) is 3.91. The van der Waals surface area contributed by atoms with Crippen molar-refractivity contribution in [1.82, 2.24) is 4.90 Å². The molecule has 6 heteroatoms. The number of thiophene rings is 1. The number of hydrogen-bond donors (Lipinski definition) is 2. The Bertz CT molecular complexity index is 429. The summed E-state index contributed by atoms with van der Waals surface area (Å²) in [7, 11) is 0.